The van der Waals surface area contributed by atoms with Crippen molar-refractivity contribution < 1.29 is 9.47 Å². The minimum absolute atomic E-state index is 0.00159. The Balaban J connectivity index is 1.69. The molecule has 0 radical (unpaired) electrons. The van der Waals surface area contributed by atoms with Crippen molar-refractivity contribution in [3.05, 3.63) is 34.4 Å². The molecule has 7 nitrogen and oxygen atoms in total. The third kappa shape index (κ3) is 3.40. The van der Waals surface area contributed by atoms with Crippen LogP contribution in [0.4, 0.5) is 11.5 Å². The first-order valence-electron chi connectivity index (χ1n) is 8.17. The van der Waals surface area contributed by atoms with E-state index in [0.717, 1.165) is 48.5 Å². The lowest BCUT2D eigenvalue weighted by Gasteiger charge is -2.23. The quantitative estimate of drug-likeness (QED) is 0.480. The molecule has 1 aromatic carbocycles. The predicted octanol–water partition coefficient (Wildman–Crippen LogP) is 3.88. The summed E-state index contributed by atoms with van der Waals surface area (Å²) in [6.45, 7) is 0.781. The molecule has 0 bridgehead atoms. The highest BCUT2D eigenvalue weighted by atomic mass is 127. The van der Waals surface area contributed by atoms with Gasteiger partial charge in [0.1, 0.15) is 12.0 Å². The molecule has 8 heteroatoms. The molecular weight excluding hydrogens is 433 g/mol. The summed E-state index contributed by atoms with van der Waals surface area (Å²) in [4.78, 5) is 13.6. The van der Waals surface area contributed by atoms with Crippen molar-refractivity contribution in [2.45, 2.75) is 25.5 Å². The highest BCUT2D eigenvalue weighted by molar-refractivity contribution is 14.1. The van der Waals surface area contributed by atoms with Crippen LogP contribution in [0.2, 0.25) is 0 Å². The second-order valence-electron chi connectivity index (χ2n) is 5.84. The molecule has 25 heavy (non-hydrogen) atoms. The van der Waals surface area contributed by atoms with Gasteiger partial charge >= 0.3 is 0 Å². The second kappa shape index (κ2) is 7.12. The van der Waals surface area contributed by atoms with E-state index < -0.39 is 0 Å². The lowest BCUT2D eigenvalue weighted by Crippen LogP contribution is -2.18. The average molecular weight is 451 g/mol. The molecule has 1 N–H and O–H groups in total. The highest BCUT2D eigenvalue weighted by Gasteiger charge is 2.21. The minimum Gasteiger partial charge on any atom is -0.497 e. The Hall–Kier alpha value is -1.94. The van der Waals surface area contributed by atoms with E-state index in [0.29, 0.717) is 9.65 Å². The normalized spacial score (nSPS) is 17.6. The van der Waals surface area contributed by atoms with Crippen molar-refractivity contribution in [3.63, 3.8) is 0 Å². The zero-order chi connectivity index (χ0) is 17.2. The summed E-state index contributed by atoms with van der Waals surface area (Å²) in [6, 6.07) is 7.70. The van der Waals surface area contributed by atoms with E-state index in [4.69, 9.17) is 9.47 Å². The summed E-state index contributed by atoms with van der Waals surface area (Å²) in [5, 5.41) is 3.33. The molecule has 0 saturated carbocycles. The lowest BCUT2D eigenvalue weighted by molar-refractivity contribution is -0.0298. The number of ether oxygens (including phenoxy) is 2. The van der Waals surface area contributed by atoms with Crippen molar-refractivity contribution >= 4 is 45.3 Å². The summed E-state index contributed by atoms with van der Waals surface area (Å²) in [5.74, 6) is 1.50. The number of benzene rings is 1. The van der Waals surface area contributed by atoms with Gasteiger partial charge in [-0.15, -0.1) is 0 Å². The SMILES string of the molecule is COc1ccc(Nc2nc(I)nc3c2ncn3C2CCCCO2)cc1. The average Bonchev–Trinajstić information content (AvgIpc) is 3.07. The van der Waals surface area contributed by atoms with E-state index in [1.165, 1.54) is 0 Å². The molecule has 1 saturated heterocycles. The van der Waals surface area contributed by atoms with Gasteiger partial charge in [0.25, 0.3) is 0 Å². The smallest absolute Gasteiger partial charge is 0.194 e. The van der Waals surface area contributed by atoms with E-state index in [2.05, 4.69) is 42.9 Å². The van der Waals surface area contributed by atoms with Crippen LogP contribution in [0.1, 0.15) is 25.5 Å². The topological polar surface area (TPSA) is 74.1 Å². The Bertz CT molecular complexity index is 875. The summed E-state index contributed by atoms with van der Waals surface area (Å²) >= 11 is 2.13. The van der Waals surface area contributed by atoms with Crippen LogP contribution in [0.5, 0.6) is 5.75 Å². The standard InChI is InChI=1S/C17H18IN5O2/c1-24-12-7-5-11(6-8-12)20-15-14-16(22-17(18)21-15)23(10-19-14)13-4-2-3-9-25-13/h5-8,10,13H,2-4,9H2,1H3,(H,20,21,22). The summed E-state index contributed by atoms with van der Waals surface area (Å²) in [6.07, 6.45) is 5.04. The van der Waals surface area contributed by atoms with E-state index in [1.54, 1.807) is 13.4 Å². The number of hydrogen-bond acceptors (Lipinski definition) is 6. The van der Waals surface area contributed by atoms with Gasteiger partial charge in [-0.25, -0.2) is 15.0 Å². The van der Waals surface area contributed by atoms with E-state index >= 15 is 0 Å². The molecule has 3 aromatic rings. The van der Waals surface area contributed by atoms with Crippen molar-refractivity contribution in [1.82, 2.24) is 19.5 Å². The van der Waals surface area contributed by atoms with Gasteiger partial charge in [0, 0.05) is 34.9 Å². The zero-order valence-electron chi connectivity index (χ0n) is 13.8. The molecule has 2 aromatic heterocycles. The number of nitrogens with zero attached hydrogens (tertiary/aromatic N) is 4. The van der Waals surface area contributed by atoms with Crippen LogP contribution in [0.25, 0.3) is 11.2 Å². The van der Waals surface area contributed by atoms with Gasteiger partial charge in [-0.1, -0.05) is 0 Å². The predicted molar refractivity (Wildman–Crippen MR) is 103 cm³/mol. The van der Waals surface area contributed by atoms with Gasteiger partial charge in [0.2, 0.25) is 0 Å². The van der Waals surface area contributed by atoms with Crippen molar-refractivity contribution in [1.29, 1.82) is 0 Å². The van der Waals surface area contributed by atoms with Gasteiger partial charge < -0.3 is 14.8 Å². The number of hydrogen-bond donors (Lipinski definition) is 1. The zero-order valence-corrected chi connectivity index (χ0v) is 15.9. The largest absolute Gasteiger partial charge is 0.497 e. The number of imidazole rings is 1. The summed E-state index contributed by atoms with van der Waals surface area (Å²) < 4.78 is 13.8. The molecular formula is C17H18IN5O2. The number of halogens is 1. The van der Waals surface area contributed by atoms with Crippen LogP contribution >= 0.6 is 22.6 Å². The van der Waals surface area contributed by atoms with Crippen LogP contribution < -0.4 is 10.1 Å². The van der Waals surface area contributed by atoms with Gasteiger partial charge in [0.15, 0.2) is 20.8 Å². The summed E-state index contributed by atoms with van der Waals surface area (Å²) in [5.41, 5.74) is 2.45. The van der Waals surface area contributed by atoms with Crippen LogP contribution in [0.15, 0.2) is 30.6 Å². The Morgan fingerprint density at radius 2 is 2.08 bits per heavy atom. The number of rotatable bonds is 4. The Kier molecular flexibility index (Phi) is 4.71. The van der Waals surface area contributed by atoms with Gasteiger partial charge in [-0.2, -0.15) is 0 Å². The lowest BCUT2D eigenvalue weighted by atomic mass is 10.2. The second-order valence-corrected chi connectivity index (χ2v) is 6.80. The monoisotopic (exact) mass is 451 g/mol. The minimum atomic E-state index is -0.00159. The van der Waals surface area contributed by atoms with E-state index in [1.807, 2.05) is 28.8 Å². The van der Waals surface area contributed by atoms with Crippen LogP contribution in [0, 0.1) is 3.83 Å². The first-order valence-corrected chi connectivity index (χ1v) is 9.25. The molecule has 3 heterocycles. The van der Waals surface area contributed by atoms with Gasteiger partial charge in [0.05, 0.1) is 13.4 Å². The third-order valence-corrected chi connectivity index (χ3v) is 4.70. The molecule has 1 atom stereocenters. The highest BCUT2D eigenvalue weighted by Crippen LogP contribution is 2.29. The maximum Gasteiger partial charge on any atom is 0.194 e. The van der Waals surface area contributed by atoms with Crippen molar-refractivity contribution in [3.8, 4) is 5.75 Å². The van der Waals surface area contributed by atoms with Crippen LogP contribution in [-0.4, -0.2) is 33.2 Å². The maximum absolute atomic E-state index is 5.88. The number of anilines is 2. The van der Waals surface area contributed by atoms with Crippen molar-refractivity contribution in [2.75, 3.05) is 19.0 Å². The number of methoxy groups -OCH3 is 1. The number of fused-ring (bicyclic) bond motifs is 1. The number of aromatic nitrogens is 4. The molecule has 1 aliphatic rings. The molecule has 0 spiro atoms. The van der Waals surface area contributed by atoms with Crippen molar-refractivity contribution in [2.24, 2.45) is 0 Å². The Morgan fingerprint density at radius 1 is 1.24 bits per heavy atom. The molecule has 4 rings (SSSR count). The molecule has 0 aliphatic carbocycles. The fourth-order valence-corrected chi connectivity index (χ4v) is 3.41. The van der Waals surface area contributed by atoms with Gasteiger partial charge in [-0.05, 0) is 43.5 Å². The molecule has 130 valence electrons. The van der Waals surface area contributed by atoms with Crippen LogP contribution in [-0.2, 0) is 4.74 Å². The fourth-order valence-electron chi connectivity index (χ4n) is 2.94. The molecule has 1 unspecified atom stereocenters. The van der Waals surface area contributed by atoms with Gasteiger partial charge in [-0.3, -0.25) is 4.57 Å². The Morgan fingerprint density at radius 3 is 2.80 bits per heavy atom. The van der Waals surface area contributed by atoms with Crippen LogP contribution in [0.3, 0.4) is 0 Å². The summed E-state index contributed by atoms with van der Waals surface area (Å²) in [7, 11) is 1.65. The van der Waals surface area contributed by atoms with E-state index in [9.17, 15) is 0 Å². The maximum atomic E-state index is 5.88. The first kappa shape index (κ1) is 16.5. The number of nitrogens with one attached hydrogen (secondary N) is 1. The molecule has 1 fully saturated rings. The third-order valence-electron chi connectivity index (χ3n) is 4.21. The molecule has 0 amide bonds. The Labute approximate surface area is 158 Å². The fraction of sp³-hybridized carbons (Fsp3) is 0.353. The molecule has 1 aliphatic heterocycles. The van der Waals surface area contributed by atoms with E-state index in [-0.39, 0.29) is 6.23 Å². The first-order chi connectivity index (χ1) is 12.2.